The minimum atomic E-state index is -0.943. The third-order valence-corrected chi connectivity index (χ3v) is 6.08. The Morgan fingerprint density at radius 3 is 2.47 bits per heavy atom. The van der Waals surface area contributed by atoms with Crippen molar-refractivity contribution in [2.75, 3.05) is 14.2 Å². The van der Waals surface area contributed by atoms with Crippen molar-refractivity contribution in [3.05, 3.63) is 89.6 Å². The van der Waals surface area contributed by atoms with E-state index in [2.05, 4.69) is 34.9 Å². The topological polar surface area (TPSA) is 60.7 Å². The summed E-state index contributed by atoms with van der Waals surface area (Å²) in [5, 5.41) is 9.56. The van der Waals surface area contributed by atoms with Crippen molar-refractivity contribution >= 4 is 5.97 Å². The zero-order valence-corrected chi connectivity index (χ0v) is 18.0. The minimum Gasteiger partial charge on any atom is -0.497 e. The average Bonchev–Trinajstić information content (AvgIpc) is 3.23. The second-order valence-electron chi connectivity index (χ2n) is 7.80. The molecule has 0 aliphatic heterocycles. The highest BCUT2D eigenvalue weighted by molar-refractivity contribution is 5.89. The number of ether oxygens (including phenoxy) is 2. The highest BCUT2D eigenvalue weighted by Gasteiger charge is 2.25. The normalized spacial score (nSPS) is 12.1. The molecule has 1 aliphatic carbocycles. The SMILES string of the molecule is COc1ccc(-c2cc3c(n2-c2cccc(C(=O)O)c2)CCc2ccccc2-3)c(OC)c1. The first kappa shape index (κ1) is 19.9. The number of carboxylic acids is 1. The van der Waals surface area contributed by atoms with Gasteiger partial charge in [0.05, 0.1) is 25.5 Å². The second kappa shape index (κ2) is 7.93. The summed E-state index contributed by atoms with van der Waals surface area (Å²) in [6.45, 7) is 0. The molecule has 5 heteroatoms. The van der Waals surface area contributed by atoms with Gasteiger partial charge in [0.15, 0.2) is 0 Å². The van der Waals surface area contributed by atoms with Gasteiger partial charge >= 0.3 is 5.97 Å². The largest absolute Gasteiger partial charge is 0.497 e. The summed E-state index contributed by atoms with van der Waals surface area (Å²) in [6, 6.07) is 23.5. The third-order valence-electron chi connectivity index (χ3n) is 6.08. The van der Waals surface area contributed by atoms with Crippen LogP contribution in [0.5, 0.6) is 11.5 Å². The molecule has 0 fully saturated rings. The van der Waals surface area contributed by atoms with Crippen LogP contribution in [0.4, 0.5) is 0 Å². The van der Waals surface area contributed by atoms with E-state index in [-0.39, 0.29) is 5.56 Å². The van der Waals surface area contributed by atoms with Crippen molar-refractivity contribution < 1.29 is 19.4 Å². The van der Waals surface area contributed by atoms with Crippen molar-refractivity contribution in [2.45, 2.75) is 12.8 Å². The van der Waals surface area contributed by atoms with E-state index in [1.54, 1.807) is 32.4 Å². The maximum Gasteiger partial charge on any atom is 0.335 e. The average molecular weight is 425 g/mol. The molecule has 5 nitrogen and oxygen atoms in total. The summed E-state index contributed by atoms with van der Waals surface area (Å²) in [6.07, 6.45) is 1.80. The third kappa shape index (κ3) is 3.23. The quantitative estimate of drug-likeness (QED) is 0.450. The van der Waals surface area contributed by atoms with Crippen LogP contribution >= 0.6 is 0 Å². The lowest BCUT2D eigenvalue weighted by Gasteiger charge is -2.20. The molecular weight excluding hydrogens is 402 g/mol. The Morgan fingerprint density at radius 1 is 0.844 bits per heavy atom. The van der Waals surface area contributed by atoms with Gasteiger partial charge in [0, 0.05) is 28.6 Å². The lowest BCUT2D eigenvalue weighted by atomic mass is 9.89. The molecule has 0 bridgehead atoms. The van der Waals surface area contributed by atoms with Crippen LogP contribution in [0.1, 0.15) is 21.6 Å². The van der Waals surface area contributed by atoms with Crippen LogP contribution < -0.4 is 9.47 Å². The van der Waals surface area contributed by atoms with Gasteiger partial charge in [0.25, 0.3) is 0 Å². The fourth-order valence-electron chi connectivity index (χ4n) is 4.57. The maximum absolute atomic E-state index is 11.7. The molecule has 0 amide bonds. The molecule has 0 radical (unpaired) electrons. The summed E-state index contributed by atoms with van der Waals surface area (Å²) < 4.78 is 13.3. The van der Waals surface area contributed by atoms with E-state index < -0.39 is 5.97 Å². The molecule has 1 N–H and O–H groups in total. The van der Waals surface area contributed by atoms with Crippen LogP contribution in [-0.2, 0) is 12.8 Å². The van der Waals surface area contributed by atoms with Crippen molar-refractivity contribution in [1.82, 2.24) is 4.57 Å². The molecule has 160 valence electrons. The van der Waals surface area contributed by atoms with Gasteiger partial charge in [0.2, 0.25) is 0 Å². The standard InChI is InChI=1S/C27H23NO4/c1-31-20-11-12-22(26(15-20)32-2)25-16-23-21-9-4-3-6-17(21)10-13-24(23)28(25)19-8-5-7-18(14-19)27(29)30/h3-9,11-12,14-16H,10,13H2,1-2H3,(H,29,30). The number of aryl methyl sites for hydroxylation is 1. The fraction of sp³-hybridized carbons (Fsp3) is 0.148. The summed E-state index contributed by atoms with van der Waals surface area (Å²) in [5.74, 6) is 0.469. The van der Waals surface area contributed by atoms with E-state index in [1.165, 1.54) is 22.4 Å². The minimum absolute atomic E-state index is 0.258. The highest BCUT2D eigenvalue weighted by atomic mass is 16.5. The summed E-state index contributed by atoms with van der Waals surface area (Å²) in [7, 11) is 3.27. The first-order chi connectivity index (χ1) is 15.6. The number of rotatable bonds is 5. The van der Waals surface area contributed by atoms with Gasteiger partial charge in [-0.1, -0.05) is 30.3 Å². The summed E-state index contributed by atoms with van der Waals surface area (Å²) in [5.41, 5.74) is 7.82. The number of methoxy groups -OCH3 is 2. The highest BCUT2D eigenvalue weighted by Crippen LogP contribution is 2.43. The first-order valence-electron chi connectivity index (χ1n) is 10.5. The van der Waals surface area contributed by atoms with E-state index in [1.807, 2.05) is 24.3 Å². The van der Waals surface area contributed by atoms with Crippen LogP contribution in [0.15, 0.2) is 72.8 Å². The zero-order valence-electron chi connectivity index (χ0n) is 18.0. The molecule has 0 saturated carbocycles. The molecule has 1 heterocycles. The molecule has 4 aromatic rings. The molecule has 5 rings (SSSR count). The van der Waals surface area contributed by atoms with E-state index in [0.29, 0.717) is 11.5 Å². The predicted molar refractivity (Wildman–Crippen MR) is 124 cm³/mol. The molecule has 0 atom stereocenters. The number of hydrogen-bond acceptors (Lipinski definition) is 3. The number of aromatic carboxylic acids is 1. The number of hydrogen-bond donors (Lipinski definition) is 1. The van der Waals surface area contributed by atoms with E-state index in [0.717, 1.165) is 29.8 Å². The maximum atomic E-state index is 11.7. The Bertz CT molecular complexity index is 1340. The van der Waals surface area contributed by atoms with Crippen LogP contribution in [0.2, 0.25) is 0 Å². The Labute approximate surface area is 186 Å². The van der Waals surface area contributed by atoms with Gasteiger partial charge in [-0.15, -0.1) is 0 Å². The zero-order chi connectivity index (χ0) is 22.2. The first-order valence-corrected chi connectivity index (χ1v) is 10.5. The lowest BCUT2D eigenvalue weighted by Crippen LogP contribution is -2.09. The van der Waals surface area contributed by atoms with Gasteiger partial charge in [0.1, 0.15) is 11.5 Å². The smallest absolute Gasteiger partial charge is 0.335 e. The van der Waals surface area contributed by atoms with E-state index >= 15 is 0 Å². The second-order valence-corrected chi connectivity index (χ2v) is 7.80. The number of nitrogens with zero attached hydrogens (tertiary/aromatic N) is 1. The molecule has 32 heavy (non-hydrogen) atoms. The summed E-state index contributed by atoms with van der Waals surface area (Å²) >= 11 is 0. The van der Waals surface area contributed by atoms with Crippen molar-refractivity contribution in [3.8, 4) is 39.6 Å². The molecule has 0 unspecified atom stereocenters. The van der Waals surface area contributed by atoms with Gasteiger partial charge in [-0.25, -0.2) is 4.79 Å². The van der Waals surface area contributed by atoms with Crippen LogP contribution in [0, 0.1) is 0 Å². The molecular formula is C27H23NO4. The van der Waals surface area contributed by atoms with Gasteiger partial charge in [-0.2, -0.15) is 0 Å². The Hall–Kier alpha value is -3.99. The van der Waals surface area contributed by atoms with Gasteiger partial charge in [-0.05, 0) is 60.4 Å². The van der Waals surface area contributed by atoms with Gasteiger partial charge < -0.3 is 19.1 Å². The van der Waals surface area contributed by atoms with Crippen molar-refractivity contribution in [3.63, 3.8) is 0 Å². The monoisotopic (exact) mass is 425 g/mol. The number of fused-ring (bicyclic) bond motifs is 3. The molecule has 3 aromatic carbocycles. The lowest BCUT2D eigenvalue weighted by molar-refractivity contribution is 0.0697. The number of benzene rings is 3. The molecule has 1 aliphatic rings. The van der Waals surface area contributed by atoms with Crippen LogP contribution in [-0.4, -0.2) is 29.9 Å². The number of carbonyl (C=O) groups is 1. The fourth-order valence-corrected chi connectivity index (χ4v) is 4.57. The predicted octanol–water partition coefficient (Wildman–Crippen LogP) is 5.63. The van der Waals surface area contributed by atoms with E-state index in [9.17, 15) is 9.90 Å². The molecule has 1 aromatic heterocycles. The van der Waals surface area contributed by atoms with Crippen LogP contribution in [0.3, 0.4) is 0 Å². The number of aromatic nitrogens is 1. The van der Waals surface area contributed by atoms with E-state index in [4.69, 9.17) is 9.47 Å². The number of carboxylic acid groups (broad SMARTS) is 1. The Morgan fingerprint density at radius 2 is 1.69 bits per heavy atom. The van der Waals surface area contributed by atoms with Gasteiger partial charge in [-0.3, -0.25) is 0 Å². The molecule has 0 spiro atoms. The van der Waals surface area contributed by atoms with Crippen LogP contribution in [0.25, 0.3) is 28.1 Å². The summed E-state index contributed by atoms with van der Waals surface area (Å²) in [4.78, 5) is 11.7. The Kier molecular flexibility index (Phi) is 4.94. The van der Waals surface area contributed by atoms with Crippen molar-refractivity contribution in [2.24, 2.45) is 0 Å². The molecule has 0 saturated heterocycles. The Balaban J connectivity index is 1.81. The van der Waals surface area contributed by atoms with Crippen molar-refractivity contribution in [1.29, 1.82) is 0 Å².